The van der Waals surface area contributed by atoms with Gasteiger partial charge in [-0.15, -0.1) is 0 Å². The Balaban J connectivity index is 1.73. The summed E-state index contributed by atoms with van der Waals surface area (Å²) < 4.78 is 5.05. The highest BCUT2D eigenvalue weighted by Crippen LogP contribution is 2.28. The number of aryl methyl sites for hydroxylation is 2. The number of hydrogen-bond acceptors (Lipinski definition) is 4. The summed E-state index contributed by atoms with van der Waals surface area (Å²) in [5, 5.41) is 8.65. The van der Waals surface area contributed by atoms with Gasteiger partial charge in [-0.25, -0.2) is 4.79 Å². The zero-order valence-electron chi connectivity index (χ0n) is 18.6. The molecule has 1 heterocycles. The lowest BCUT2D eigenvalue weighted by Crippen LogP contribution is -2.29. The van der Waals surface area contributed by atoms with Crippen LogP contribution in [0.25, 0.3) is 0 Å². The van der Waals surface area contributed by atoms with Crippen LogP contribution in [-0.4, -0.2) is 45.3 Å². The van der Waals surface area contributed by atoms with Crippen molar-refractivity contribution in [3.8, 4) is 0 Å². The van der Waals surface area contributed by atoms with Gasteiger partial charge in [-0.1, -0.05) is 6.07 Å². The third kappa shape index (κ3) is 6.21. The smallest absolute Gasteiger partial charge is 0.323 e. The predicted octanol–water partition coefficient (Wildman–Crippen LogP) is 4.31. The van der Waals surface area contributed by atoms with Crippen LogP contribution in [0.4, 0.5) is 21.9 Å². The fraction of sp³-hybridized carbons (Fsp3) is 0.417. The lowest BCUT2D eigenvalue weighted by molar-refractivity contribution is 0.0949. The standard InChI is InChI=1S/C24H32N4O3/c1-17-7-8-19(15-18(17)2)26-24(30)27-20-9-10-22(28-12-4-5-13-28)21(16-20)23(29)25-11-6-14-31-3/h7-10,15-16H,4-6,11-14H2,1-3H3,(H,25,29)(H2,26,27,30). The molecule has 166 valence electrons. The average molecular weight is 425 g/mol. The van der Waals surface area contributed by atoms with E-state index in [1.165, 1.54) is 5.56 Å². The van der Waals surface area contributed by atoms with E-state index in [-0.39, 0.29) is 11.9 Å². The van der Waals surface area contributed by atoms with Gasteiger partial charge in [0, 0.05) is 50.4 Å². The van der Waals surface area contributed by atoms with Gasteiger partial charge >= 0.3 is 6.03 Å². The molecule has 31 heavy (non-hydrogen) atoms. The minimum atomic E-state index is -0.344. The highest BCUT2D eigenvalue weighted by Gasteiger charge is 2.20. The Kier molecular flexibility index (Phi) is 7.89. The molecule has 2 aromatic carbocycles. The van der Waals surface area contributed by atoms with E-state index >= 15 is 0 Å². The monoisotopic (exact) mass is 424 g/mol. The van der Waals surface area contributed by atoms with Crippen molar-refractivity contribution < 1.29 is 14.3 Å². The van der Waals surface area contributed by atoms with Crippen molar-refractivity contribution in [2.45, 2.75) is 33.1 Å². The van der Waals surface area contributed by atoms with Crippen molar-refractivity contribution in [1.29, 1.82) is 0 Å². The van der Waals surface area contributed by atoms with Crippen molar-refractivity contribution in [3.63, 3.8) is 0 Å². The van der Waals surface area contributed by atoms with Crippen molar-refractivity contribution >= 4 is 29.0 Å². The van der Waals surface area contributed by atoms with Crippen LogP contribution in [-0.2, 0) is 4.74 Å². The van der Waals surface area contributed by atoms with Gasteiger partial charge in [0.1, 0.15) is 0 Å². The molecule has 3 N–H and O–H groups in total. The summed E-state index contributed by atoms with van der Waals surface area (Å²) in [6.07, 6.45) is 2.98. The van der Waals surface area contributed by atoms with Gasteiger partial charge in [0.25, 0.3) is 5.91 Å². The summed E-state index contributed by atoms with van der Waals surface area (Å²) in [5.41, 5.74) is 5.06. The predicted molar refractivity (Wildman–Crippen MR) is 125 cm³/mol. The number of amides is 3. The van der Waals surface area contributed by atoms with E-state index in [1.807, 2.05) is 44.2 Å². The molecule has 0 unspecified atom stereocenters. The number of benzene rings is 2. The van der Waals surface area contributed by atoms with Gasteiger partial charge < -0.3 is 25.6 Å². The summed E-state index contributed by atoms with van der Waals surface area (Å²) in [5.74, 6) is -0.142. The van der Waals surface area contributed by atoms with Crippen LogP contribution in [0.5, 0.6) is 0 Å². The Morgan fingerprint density at radius 2 is 1.65 bits per heavy atom. The van der Waals surface area contributed by atoms with E-state index < -0.39 is 0 Å². The van der Waals surface area contributed by atoms with E-state index in [9.17, 15) is 9.59 Å². The molecular formula is C24H32N4O3. The van der Waals surface area contributed by atoms with Gasteiger partial charge in [0.05, 0.1) is 5.56 Å². The largest absolute Gasteiger partial charge is 0.385 e. The van der Waals surface area contributed by atoms with Crippen molar-refractivity contribution in [2.24, 2.45) is 0 Å². The zero-order valence-corrected chi connectivity index (χ0v) is 18.6. The molecule has 1 aliphatic rings. The third-order valence-corrected chi connectivity index (χ3v) is 5.52. The number of urea groups is 1. The molecule has 0 bridgehead atoms. The van der Waals surface area contributed by atoms with E-state index in [1.54, 1.807) is 13.2 Å². The van der Waals surface area contributed by atoms with E-state index in [0.717, 1.165) is 49.3 Å². The molecule has 0 atom stereocenters. The first-order chi connectivity index (χ1) is 15.0. The molecule has 3 rings (SSSR count). The molecule has 0 radical (unpaired) electrons. The molecule has 3 amide bonds. The fourth-order valence-electron chi connectivity index (χ4n) is 3.66. The number of hydrogen-bond donors (Lipinski definition) is 3. The second-order valence-corrected chi connectivity index (χ2v) is 7.91. The van der Waals surface area contributed by atoms with Crippen LogP contribution < -0.4 is 20.9 Å². The van der Waals surface area contributed by atoms with Gasteiger partial charge in [-0.2, -0.15) is 0 Å². The molecule has 1 saturated heterocycles. The van der Waals surface area contributed by atoms with Crippen molar-refractivity contribution in [1.82, 2.24) is 5.32 Å². The first-order valence-corrected chi connectivity index (χ1v) is 10.8. The van der Waals surface area contributed by atoms with E-state index in [2.05, 4.69) is 20.9 Å². The number of ether oxygens (including phenoxy) is 1. The highest BCUT2D eigenvalue weighted by molar-refractivity contribution is 6.04. The molecule has 7 heteroatoms. The molecule has 0 aliphatic carbocycles. The lowest BCUT2D eigenvalue weighted by atomic mass is 10.1. The Labute approximate surface area is 184 Å². The SMILES string of the molecule is COCCCNC(=O)c1cc(NC(=O)Nc2ccc(C)c(C)c2)ccc1N1CCCC1. The maximum Gasteiger partial charge on any atom is 0.323 e. The molecule has 1 fully saturated rings. The maximum atomic E-state index is 12.9. The van der Waals surface area contributed by atoms with Crippen molar-refractivity contribution in [3.05, 3.63) is 53.1 Å². The minimum absolute atomic E-state index is 0.142. The number of carbonyl (C=O) groups excluding carboxylic acids is 2. The number of methoxy groups -OCH3 is 1. The maximum absolute atomic E-state index is 12.9. The lowest BCUT2D eigenvalue weighted by Gasteiger charge is -2.22. The topological polar surface area (TPSA) is 82.7 Å². The first kappa shape index (κ1) is 22.6. The summed E-state index contributed by atoms with van der Waals surface area (Å²) >= 11 is 0. The number of rotatable bonds is 8. The Hall–Kier alpha value is -3.06. The third-order valence-electron chi connectivity index (χ3n) is 5.52. The molecule has 0 aromatic heterocycles. The Morgan fingerprint density at radius 3 is 2.32 bits per heavy atom. The van der Waals surface area contributed by atoms with Gasteiger partial charge in [0.2, 0.25) is 0 Å². The van der Waals surface area contributed by atoms with Crippen LogP contribution in [0.3, 0.4) is 0 Å². The fourth-order valence-corrected chi connectivity index (χ4v) is 3.66. The van der Waals surface area contributed by atoms with Crippen LogP contribution in [0.15, 0.2) is 36.4 Å². The van der Waals surface area contributed by atoms with E-state index in [4.69, 9.17) is 4.74 Å². The normalized spacial score (nSPS) is 13.2. The van der Waals surface area contributed by atoms with Crippen LogP contribution >= 0.6 is 0 Å². The second-order valence-electron chi connectivity index (χ2n) is 7.91. The zero-order chi connectivity index (χ0) is 22.2. The Morgan fingerprint density at radius 1 is 0.968 bits per heavy atom. The number of carbonyl (C=O) groups is 2. The number of nitrogens with zero attached hydrogens (tertiary/aromatic N) is 1. The Bertz CT molecular complexity index is 923. The number of nitrogens with one attached hydrogen (secondary N) is 3. The van der Waals surface area contributed by atoms with Gasteiger partial charge in [-0.05, 0) is 74.6 Å². The second kappa shape index (κ2) is 10.8. The summed E-state index contributed by atoms with van der Waals surface area (Å²) in [6, 6.07) is 10.9. The van der Waals surface area contributed by atoms with Crippen molar-refractivity contribution in [2.75, 3.05) is 48.9 Å². The molecule has 0 saturated carbocycles. The van der Waals surface area contributed by atoms with Crippen LogP contribution in [0.1, 0.15) is 40.7 Å². The average Bonchev–Trinajstić information content (AvgIpc) is 3.28. The van der Waals surface area contributed by atoms with E-state index in [0.29, 0.717) is 24.4 Å². The summed E-state index contributed by atoms with van der Waals surface area (Å²) in [4.78, 5) is 27.6. The van der Waals surface area contributed by atoms with Crippen LogP contribution in [0, 0.1) is 13.8 Å². The number of anilines is 3. The quantitative estimate of drug-likeness (QED) is 0.552. The molecule has 2 aromatic rings. The van der Waals surface area contributed by atoms with Gasteiger partial charge in [-0.3, -0.25) is 4.79 Å². The molecular weight excluding hydrogens is 392 g/mol. The van der Waals surface area contributed by atoms with Crippen LogP contribution in [0.2, 0.25) is 0 Å². The summed E-state index contributed by atoms with van der Waals surface area (Å²) in [7, 11) is 1.64. The summed E-state index contributed by atoms with van der Waals surface area (Å²) in [6.45, 7) is 7.04. The first-order valence-electron chi connectivity index (χ1n) is 10.8. The highest BCUT2D eigenvalue weighted by atomic mass is 16.5. The minimum Gasteiger partial charge on any atom is -0.385 e. The molecule has 7 nitrogen and oxygen atoms in total. The molecule has 0 spiro atoms. The molecule has 1 aliphatic heterocycles. The van der Waals surface area contributed by atoms with Gasteiger partial charge in [0.15, 0.2) is 0 Å².